The molecule has 0 saturated heterocycles. The minimum Gasteiger partial charge on any atom is -0.481 e. The van der Waals surface area contributed by atoms with Crippen LogP contribution in [-0.4, -0.2) is 21.6 Å². The van der Waals surface area contributed by atoms with E-state index in [1.165, 1.54) is 0 Å². The molecule has 0 aliphatic heterocycles. The van der Waals surface area contributed by atoms with E-state index in [0.29, 0.717) is 5.69 Å². The average molecular weight is 300 g/mol. The molecular weight excluding hydrogens is 280 g/mol. The number of carboxylic acids is 1. The number of aromatic nitrogens is 1. The van der Waals surface area contributed by atoms with Gasteiger partial charge in [0, 0.05) is 12.7 Å². The van der Waals surface area contributed by atoms with Crippen LogP contribution in [-0.2, 0) is 11.8 Å². The highest BCUT2D eigenvalue weighted by Crippen LogP contribution is 2.23. The zero-order chi connectivity index (χ0) is 16.3. The topological polar surface area (TPSA) is 71.3 Å². The summed E-state index contributed by atoms with van der Waals surface area (Å²) in [6.07, 6.45) is 0. The number of carboxylic acid groups (broad SMARTS) is 1. The number of nitrogens with one attached hydrogen (secondary N) is 1. The molecule has 2 N–H and O–H groups in total. The number of rotatable bonds is 5. The van der Waals surface area contributed by atoms with Gasteiger partial charge in [-0.25, -0.2) is 0 Å². The van der Waals surface area contributed by atoms with Gasteiger partial charge >= 0.3 is 5.97 Å². The number of benzene rings is 1. The van der Waals surface area contributed by atoms with Crippen LogP contribution in [0.2, 0.25) is 0 Å². The molecule has 2 aromatic rings. The Morgan fingerprint density at radius 3 is 2.27 bits per heavy atom. The number of aliphatic carboxylic acids is 1. The Bertz CT molecular complexity index is 676. The zero-order valence-electron chi connectivity index (χ0n) is 12.9. The quantitative estimate of drug-likeness (QED) is 0.891. The van der Waals surface area contributed by atoms with Crippen molar-refractivity contribution in [1.29, 1.82) is 0 Å². The Hall–Kier alpha value is -2.56. The summed E-state index contributed by atoms with van der Waals surface area (Å²) in [5, 5.41) is 12.1. The number of amides is 1. The van der Waals surface area contributed by atoms with Crippen molar-refractivity contribution < 1.29 is 14.7 Å². The first kappa shape index (κ1) is 15.8. The number of carbonyl (C=O) groups is 2. The van der Waals surface area contributed by atoms with E-state index in [4.69, 9.17) is 0 Å². The normalized spacial score (nSPS) is 13.4. The molecule has 1 aromatic carbocycles. The van der Waals surface area contributed by atoms with Crippen molar-refractivity contribution in [2.45, 2.75) is 19.9 Å². The van der Waals surface area contributed by atoms with E-state index in [9.17, 15) is 14.7 Å². The Morgan fingerprint density at radius 2 is 1.77 bits per heavy atom. The molecule has 0 saturated carbocycles. The number of aryl methyl sites for hydroxylation is 1. The van der Waals surface area contributed by atoms with Crippen molar-refractivity contribution >= 4 is 11.9 Å². The highest BCUT2D eigenvalue weighted by molar-refractivity contribution is 5.93. The van der Waals surface area contributed by atoms with Crippen molar-refractivity contribution in [2.75, 3.05) is 0 Å². The third kappa shape index (κ3) is 3.19. The van der Waals surface area contributed by atoms with Gasteiger partial charge in [0.25, 0.3) is 5.91 Å². The standard InChI is InChI=1S/C17H20N2O3/c1-11-9-10-14(19(11)3)16(20)18-15(12(2)17(21)22)13-7-5-4-6-8-13/h4-10,12,15H,1-3H3,(H,18,20)(H,21,22). The van der Waals surface area contributed by atoms with Gasteiger partial charge < -0.3 is 15.0 Å². The first-order valence-corrected chi connectivity index (χ1v) is 7.12. The summed E-state index contributed by atoms with van der Waals surface area (Å²) in [5.41, 5.74) is 2.25. The molecule has 5 nitrogen and oxygen atoms in total. The monoisotopic (exact) mass is 300 g/mol. The van der Waals surface area contributed by atoms with E-state index < -0.39 is 17.9 Å². The van der Waals surface area contributed by atoms with Crippen LogP contribution in [0.3, 0.4) is 0 Å². The lowest BCUT2D eigenvalue weighted by Crippen LogP contribution is -2.36. The maximum absolute atomic E-state index is 12.5. The number of hydrogen-bond donors (Lipinski definition) is 2. The molecule has 0 bridgehead atoms. The summed E-state index contributed by atoms with van der Waals surface area (Å²) in [4.78, 5) is 23.8. The number of hydrogen-bond acceptors (Lipinski definition) is 2. The maximum atomic E-state index is 12.5. The second-order valence-electron chi connectivity index (χ2n) is 5.41. The Kier molecular flexibility index (Phi) is 4.65. The fourth-order valence-corrected chi connectivity index (χ4v) is 2.36. The van der Waals surface area contributed by atoms with E-state index in [-0.39, 0.29) is 5.91 Å². The third-order valence-corrected chi connectivity index (χ3v) is 3.94. The molecule has 2 atom stereocenters. The van der Waals surface area contributed by atoms with Gasteiger partial charge in [-0.05, 0) is 31.5 Å². The third-order valence-electron chi connectivity index (χ3n) is 3.94. The molecular formula is C17H20N2O3. The molecule has 0 fully saturated rings. The van der Waals surface area contributed by atoms with Crippen LogP contribution < -0.4 is 5.32 Å². The molecule has 0 aliphatic rings. The highest BCUT2D eigenvalue weighted by atomic mass is 16.4. The predicted octanol–water partition coefficient (Wildman–Crippen LogP) is 2.53. The molecule has 0 radical (unpaired) electrons. The summed E-state index contributed by atoms with van der Waals surface area (Å²) in [5.74, 6) is -1.96. The smallest absolute Gasteiger partial charge is 0.308 e. The van der Waals surface area contributed by atoms with Crippen LogP contribution in [0.1, 0.15) is 34.7 Å². The molecule has 2 unspecified atom stereocenters. The summed E-state index contributed by atoms with van der Waals surface area (Å²) < 4.78 is 1.78. The van der Waals surface area contributed by atoms with Crippen LogP contribution in [0.25, 0.3) is 0 Å². The second kappa shape index (κ2) is 6.47. The van der Waals surface area contributed by atoms with Crippen molar-refractivity contribution in [3.8, 4) is 0 Å². The van der Waals surface area contributed by atoms with Crippen LogP contribution in [0.5, 0.6) is 0 Å². The highest BCUT2D eigenvalue weighted by Gasteiger charge is 2.27. The molecule has 2 rings (SSSR count). The van der Waals surface area contributed by atoms with Crippen molar-refractivity contribution in [1.82, 2.24) is 9.88 Å². The Labute approximate surface area is 129 Å². The van der Waals surface area contributed by atoms with Gasteiger partial charge in [0.1, 0.15) is 5.69 Å². The zero-order valence-corrected chi connectivity index (χ0v) is 12.9. The van der Waals surface area contributed by atoms with Gasteiger partial charge in [0.15, 0.2) is 0 Å². The van der Waals surface area contributed by atoms with Gasteiger partial charge in [-0.15, -0.1) is 0 Å². The fraction of sp³-hybridized carbons (Fsp3) is 0.294. The lowest BCUT2D eigenvalue weighted by molar-refractivity contribution is -0.142. The summed E-state index contributed by atoms with van der Waals surface area (Å²) in [6, 6.07) is 12.2. The van der Waals surface area contributed by atoms with Crippen molar-refractivity contribution in [3.05, 3.63) is 59.4 Å². The van der Waals surface area contributed by atoms with E-state index in [1.54, 1.807) is 17.6 Å². The largest absolute Gasteiger partial charge is 0.481 e. The van der Waals surface area contributed by atoms with Crippen LogP contribution in [0.4, 0.5) is 0 Å². The molecule has 1 amide bonds. The molecule has 22 heavy (non-hydrogen) atoms. The van der Waals surface area contributed by atoms with Gasteiger partial charge in [-0.2, -0.15) is 0 Å². The van der Waals surface area contributed by atoms with E-state index in [1.807, 2.05) is 50.4 Å². The van der Waals surface area contributed by atoms with Crippen LogP contribution in [0.15, 0.2) is 42.5 Å². The van der Waals surface area contributed by atoms with Crippen LogP contribution in [0, 0.1) is 12.8 Å². The summed E-state index contributed by atoms with van der Waals surface area (Å²) >= 11 is 0. The first-order chi connectivity index (χ1) is 10.4. The summed E-state index contributed by atoms with van der Waals surface area (Å²) in [6.45, 7) is 3.50. The fourth-order valence-electron chi connectivity index (χ4n) is 2.36. The lowest BCUT2D eigenvalue weighted by Gasteiger charge is -2.23. The first-order valence-electron chi connectivity index (χ1n) is 7.12. The van der Waals surface area contributed by atoms with Gasteiger partial charge in [-0.1, -0.05) is 30.3 Å². The van der Waals surface area contributed by atoms with Gasteiger partial charge in [0.05, 0.1) is 12.0 Å². The second-order valence-corrected chi connectivity index (χ2v) is 5.41. The van der Waals surface area contributed by atoms with Crippen molar-refractivity contribution in [2.24, 2.45) is 13.0 Å². The lowest BCUT2D eigenvalue weighted by atomic mass is 9.94. The van der Waals surface area contributed by atoms with Crippen molar-refractivity contribution in [3.63, 3.8) is 0 Å². The Morgan fingerprint density at radius 1 is 1.14 bits per heavy atom. The van der Waals surface area contributed by atoms with Gasteiger partial charge in [0.2, 0.25) is 0 Å². The number of nitrogens with zero attached hydrogens (tertiary/aromatic N) is 1. The van der Waals surface area contributed by atoms with Crippen LogP contribution >= 0.6 is 0 Å². The average Bonchev–Trinajstić information content (AvgIpc) is 2.84. The molecule has 1 heterocycles. The maximum Gasteiger partial charge on any atom is 0.308 e. The number of carbonyl (C=O) groups excluding carboxylic acids is 1. The molecule has 0 spiro atoms. The molecule has 0 aliphatic carbocycles. The SMILES string of the molecule is Cc1ccc(C(=O)NC(c2ccccc2)C(C)C(=O)O)n1C. The molecule has 5 heteroatoms. The predicted molar refractivity (Wildman–Crippen MR) is 83.6 cm³/mol. The minimum atomic E-state index is -0.947. The summed E-state index contributed by atoms with van der Waals surface area (Å²) in [7, 11) is 1.81. The molecule has 116 valence electrons. The van der Waals surface area contributed by atoms with E-state index in [2.05, 4.69) is 5.32 Å². The van der Waals surface area contributed by atoms with Gasteiger partial charge in [-0.3, -0.25) is 9.59 Å². The Balaban J connectivity index is 2.29. The van der Waals surface area contributed by atoms with E-state index >= 15 is 0 Å². The minimum absolute atomic E-state index is 0.280. The molecule has 1 aromatic heterocycles. The van der Waals surface area contributed by atoms with E-state index in [0.717, 1.165) is 11.3 Å².